The predicted octanol–water partition coefficient (Wildman–Crippen LogP) is 3.23. The van der Waals surface area contributed by atoms with E-state index >= 15 is 0 Å². The monoisotopic (exact) mass is 482 g/mol. The van der Waals surface area contributed by atoms with Gasteiger partial charge in [-0.25, -0.2) is 4.79 Å². The fraction of sp³-hybridized carbons (Fsp3) is 0.720. The Morgan fingerprint density at radius 3 is 2.47 bits per heavy atom. The van der Waals surface area contributed by atoms with Crippen LogP contribution in [0, 0.1) is 23.2 Å². The molecular formula is C25H38O9. The third-order valence-corrected chi connectivity index (χ3v) is 7.12. The van der Waals surface area contributed by atoms with Crippen LogP contribution in [0.2, 0.25) is 0 Å². The number of Topliss-reactive ketones (excluding diaryl/α,β-unsaturated/α-hetero) is 1. The highest BCUT2D eigenvalue weighted by Crippen LogP contribution is 2.51. The topological polar surface area (TPSA) is 140 Å². The molecule has 1 aliphatic carbocycles. The third kappa shape index (κ3) is 7.46. The van der Waals surface area contributed by atoms with E-state index in [1.54, 1.807) is 19.1 Å². The number of hydrogen-bond donors (Lipinski definition) is 3. The number of rotatable bonds is 10. The summed E-state index contributed by atoms with van der Waals surface area (Å²) in [4.78, 5) is 35.1. The molecule has 9 nitrogen and oxygen atoms in total. The van der Waals surface area contributed by atoms with E-state index in [-0.39, 0.29) is 29.0 Å². The first-order valence-corrected chi connectivity index (χ1v) is 11.7. The van der Waals surface area contributed by atoms with Crippen molar-refractivity contribution in [3.8, 4) is 0 Å². The Balaban J connectivity index is 2.22. The zero-order valence-corrected chi connectivity index (χ0v) is 20.6. The van der Waals surface area contributed by atoms with Gasteiger partial charge in [-0.3, -0.25) is 9.59 Å². The summed E-state index contributed by atoms with van der Waals surface area (Å²) >= 11 is 0. The molecule has 9 heteroatoms. The number of allylic oxidation sites excluding steroid dienone is 4. The summed E-state index contributed by atoms with van der Waals surface area (Å²) in [6.45, 7) is 7.54. The zero-order chi connectivity index (χ0) is 25.6. The number of carboxylic acid groups (broad SMARTS) is 1. The molecule has 1 heterocycles. The molecule has 192 valence electrons. The van der Waals surface area contributed by atoms with Gasteiger partial charge < -0.3 is 29.5 Å². The number of carbonyl (C=O) groups excluding carboxylic acids is 2. The molecule has 0 aromatic carbocycles. The molecule has 0 amide bonds. The lowest BCUT2D eigenvalue weighted by Gasteiger charge is -2.50. The largest absolute Gasteiger partial charge is 0.506 e. The Hall–Kier alpha value is -2.07. The molecule has 3 N–H and O–H groups in total. The Bertz CT molecular complexity index is 800. The van der Waals surface area contributed by atoms with Gasteiger partial charge in [-0.15, -0.1) is 0 Å². The van der Waals surface area contributed by atoms with Gasteiger partial charge in [-0.2, -0.15) is 0 Å². The second kappa shape index (κ2) is 12.1. The van der Waals surface area contributed by atoms with Crippen molar-refractivity contribution >= 4 is 17.7 Å². The Labute approximate surface area is 200 Å². The fourth-order valence-corrected chi connectivity index (χ4v) is 5.30. The summed E-state index contributed by atoms with van der Waals surface area (Å²) in [6.07, 6.45) is 3.20. The molecule has 1 saturated heterocycles. The van der Waals surface area contributed by atoms with Crippen LogP contribution in [0.5, 0.6) is 0 Å². The molecule has 1 aliphatic heterocycles. The minimum absolute atomic E-state index is 0.00391. The summed E-state index contributed by atoms with van der Waals surface area (Å²) in [5.74, 6) is -0.612. The van der Waals surface area contributed by atoms with Gasteiger partial charge in [0.15, 0.2) is 18.5 Å². The normalized spacial score (nSPS) is 33.7. The summed E-state index contributed by atoms with van der Waals surface area (Å²) in [5, 5.41) is 29.3. The third-order valence-electron chi connectivity index (χ3n) is 7.12. The van der Waals surface area contributed by atoms with Crippen LogP contribution < -0.4 is 0 Å². The Morgan fingerprint density at radius 2 is 1.85 bits per heavy atom. The van der Waals surface area contributed by atoms with E-state index in [1.165, 1.54) is 0 Å². The van der Waals surface area contributed by atoms with E-state index in [1.807, 2.05) is 19.9 Å². The van der Waals surface area contributed by atoms with Crippen LogP contribution in [-0.4, -0.2) is 64.4 Å². The zero-order valence-electron chi connectivity index (χ0n) is 20.6. The van der Waals surface area contributed by atoms with Crippen LogP contribution in [0.4, 0.5) is 4.79 Å². The van der Waals surface area contributed by atoms with Crippen LogP contribution in [-0.2, 0) is 23.8 Å². The van der Waals surface area contributed by atoms with Crippen LogP contribution in [0.15, 0.2) is 23.8 Å². The maximum atomic E-state index is 12.5. The summed E-state index contributed by atoms with van der Waals surface area (Å²) in [7, 11) is 0. The average molecular weight is 483 g/mol. The van der Waals surface area contributed by atoms with Crippen LogP contribution in [0.25, 0.3) is 0 Å². The van der Waals surface area contributed by atoms with Gasteiger partial charge in [-0.05, 0) is 62.4 Å². The van der Waals surface area contributed by atoms with E-state index in [4.69, 9.17) is 14.6 Å². The number of aliphatic hydroxyl groups excluding tert-OH is 2. The Kier molecular flexibility index (Phi) is 9.99. The molecule has 2 fully saturated rings. The SMILES string of the molecule is C/C=C\C(=O)C/C(C)=C/CC1C(C)C(O)CC(C)(C)C1CC1OC(O)OC1C(=O)COC(=O)O. The predicted molar refractivity (Wildman–Crippen MR) is 123 cm³/mol. The van der Waals surface area contributed by atoms with Crippen molar-refractivity contribution in [2.75, 3.05) is 6.61 Å². The maximum Gasteiger partial charge on any atom is 0.506 e. The number of ether oxygens (including phenoxy) is 3. The van der Waals surface area contributed by atoms with E-state index < -0.39 is 43.3 Å². The smallest absolute Gasteiger partial charge is 0.450 e. The highest BCUT2D eigenvalue weighted by atomic mass is 16.8. The number of ketones is 2. The van der Waals surface area contributed by atoms with E-state index in [0.29, 0.717) is 25.7 Å². The molecule has 2 aliphatic rings. The molecule has 34 heavy (non-hydrogen) atoms. The highest BCUT2D eigenvalue weighted by Gasteiger charge is 2.50. The molecule has 0 aromatic rings. The van der Waals surface area contributed by atoms with Gasteiger partial charge in [0.2, 0.25) is 5.78 Å². The number of hydrogen-bond acceptors (Lipinski definition) is 8. The van der Waals surface area contributed by atoms with Crippen LogP contribution in [0.1, 0.15) is 60.3 Å². The van der Waals surface area contributed by atoms with E-state index in [0.717, 1.165) is 5.57 Å². The summed E-state index contributed by atoms with van der Waals surface area (Å²) in [5.41, 5.74) is 0.642. The van der Waals surface area contributed by atoms with Crippen molar-refractivity contribution in [1.82, 2.24) is 0 Å². The van der Waals surface area contributed by atoms with Gasteiger partial charge in [0.1, 0.15) is 0 Å². The standard InChI is InChI=1S/C25H38O9/c1-6-7-16(26)10-14(2)8-9-17-15(3)19(27)12-25(4,5)18(17)11-21-22(34-24(31)33-21)20(28)13-32-23(29)30/h6-8,15,17-19,21-22,24,27,31H,9-13H2,1-5H3,(H,29,30)/b7-6-,14-8+. The molecule has 7 atom stereocenters. The average Bonchev–Trinajstić information content (AvgIpc) is 3.10. The first-order valence-electron chi connectivity index (χ1n) is 11.7. The van der Waals surface area contributed by atoms with E-state index in [9.17, 15) is 24.6 Å². The van der Waals surface area contributed by atoms with Crippen molar-refractivity contribution in [1.29, 1.82) is 0 Å². The van der Waals surface area contributed by atoms with Crippen LogP contribution >= 0.6 is 0 Å². The number of carbonyl (C=O) groups is 3. The van der Waals surface area contributed by atoms with Gasteiger partial charge in [0.25, 0.3) is 6.48 Å². The molecule has 0 bridgehead atoms. The molecular weight excluding hydrogens is 444 g/mol. The molecule has 7 unspecified atom stereocenters. The van der Waals surface area contributed by atoms with Crippen molar-refractivity contribution in [3.63, 3.8) is 0 Å². The highest BCUT2D eigenvalue weighted by molar-refractivity contribution is 5.91. The van der Waals surface area contributed by atoms with Crippen molar-refractivity contribution in [3.05, 3.63) is 23.8 Å². The first kappa shape index (κ1) is 28.2. The van der Waals surface area contributed by atoms with Crippen molar-refractivity contribution < 1.29 is 43.9 Å². The van der Waals surface area contributed by atoms with Crippen molar-refractivity contribution in [2.45, 2.75) is 85.1 Å². The minimum atomic E-state index is -1.59. The molecule has 0 spiro atoms. The number of aliphatic hydroxyl groups is 2. The summed E-state index contributed by atoms with van der Waals surface area (Å²) in [6, 6.07) is 0. The second-order valence-electron chi connectivity index (χ2n) is 10.1. The lowest BCUT2D eigenvalue weighted by Crippen LogP contribution is -2.48. The van der Waals surface area contributed by atoms with Gasteiger partial charge in [-0.1, -0.05) is 38.5 Å². The summed E-state index contributed by atoms with van der Waals surface area (Å²) < 4.78 is 15.1. The maximum absolute atomic E-state index is 12.5. The van der Waals surface area contributed by atoms with Gasteiger partial charge in [0.05, 0.1) is 12.2 Å². The van der Waals surface area contributed by atoms with Crippen LogP contribution in [0.3, 0.4) is 0 Å². The Morgan fingerprint density at radius 1 is 1.18 bits per heavy atom. The fourth-order valence-electron chi connectivity index (χ4n) is 5.30. The van der Waals surface area contributed by atoms with Crippen molar-refractivity contribution in [2.24, 2.45) is 23.2 Å². The van der Waals surface area contributed by atoms with Gasteiger partial charge >= 0.3 is 6.16 Å². The van der Waals surface area contributed by atoms with E-state index in [2.05, 4.69) is 18.6 Å². The quantitative estimate of drug-likeness (QED) is 0.243. The molecule has 0 radical (unpaired) electrons. The lowest BCUT2D eigenvalue weighted by atomic mass is 9.56. The minimum Gasteiger partial charge on any atom is -0.450 e. The molecule has 2 rings (SSSR count). The molecule has 0 aromatic heterocycles. The lowest BCUT2D eigenvalue weighted by molar-refractivity contribution is -0.213. The first-order chi connectivity index (χ1) is 15.9. The second-order valence-corrected chi connectivity index (χ2v) is 10.1. The van der Waals surface area contributed by atoms with Gasteiger partial charge in [0, 0.05) is 6.42 Å². The molecule has 1 saturated carbocycles.